The summed E-state index contributed by atoms with van der Waals surface area (Å²) < 4.78 is 61.2. The monoisotopic (exact) mass is 519 g/mol. The molecule has 2 N–H and O–H groups in total. The number of piperidine rings is 1. The van der Waals surface area contributed by atoms with Gasteiger partial charge in [0.25, 0.3) is 5.91 Å². The summed E-state index contributed by atoms with van der Waals surface area (Å²) in [7, 11) is 0. The lowest BCUT2D eigenvalue weighted by atomic mass is 10.0. The lowest BCUT2D eigenvalue weighted by Crippen LogP contribution is -2.49. The fourth-order valence-corrected chi connectivity index (χ4v) is 3.51. The zero-order chi connectivity index (χ0) is 23.5. The molecular formula is C20H18BrF4N3O4. The van der Waals surface area contributed by atoms with E-state index in [1.165, 1.54) is 29.3 Å². The lowest BCUT2D eigenvalue weighted by molar-refractivity contribution is -0.274. The summed E-state index contributed by atoms with van der Waals surface area (Å²) in [6, 6.07) is 6.31. The van der Waals surface area contributed by atoms with Gasteiger partial charge >= 0.3 is 6.36 Å². The number of carbonyl (C=O) groups is 2. The van der Waals surface area contributed by atoms with Gasteiger partial charge in [-0.1, -0.05) is 12.1 Å². The third kappa shape index (κ3) is 6.31. The molecule has 2 atom stereocenters. The number of aromatic nitrogens is 1. The molecule has 172 valence electrons. The maximum absolute atomic E-state index is 14.7. The van der Waals surface area contributed by atoms with Crippen molar-refractivity contribution >= 4 is 27.7 Å². The minimum Gasteiger partial charge on any atom is -0.471 e. The number of carbonyl (C=O) groups excluding carboxylic acids is 2. The quantitative estimate of drug-likeness (QED) is 0.590. The highest BCUT2D eigenvalue weighted by molar-refractivity contribution is 9.10. The molecule has 1 aliphatic heterocycles. The molecule has 1 aromatic heterocycles. The number of halogens is 5. The molecule has 1 saturated heterocycles. The van der Waals surface area contributed by atoms with Crippen molar-refractivity contribution in [3.8, 4) is 11.6 Å². The van der Waals surface area contributed by atoms with Gasteiger partial charge in [-0.3, -0.25) is 9.59 Å². The number of pyridine rings is 1. The number of likely N-dealkylation sites (tertiary alicyclic amines) is 1. The Kier molecular flexibility index (Phi) is 7.22. The second-order valence-electron chi connectivity index (χ2n) is 7.04. The first-order valence-corrected chi connectivity index (χ1v) is 10.2. The third-order valence-electron chi connectivity index (χ3n) is 4.69. The predicted octanol–water partition coefficient (Wildman–Crippen LogP) is 3.40. The molecule has 1 fully saturated rings. The number of hydrogen-bond donors (Lipinski definition) is 1. The van der Waals surface area contributed by atoms with E-state index >= 15 is 0 Å². The van der Waals surface area contributed by atoms with Crippen LogP contribution in [-0.2, 0) is 11.2 Å². The minimum atomic E-state index is -4.80. The fraction of sp³-hybridized carbons (Fsp3) is 0.350. The molecule has 0 spiro atoms. The van der Waals surface area contributed by atoms with Gasteiger partial charge in [-0.25, -0.2) is 9.37 Å². The summed E-state index contributed by atoms with van der Waals surface area (Å²) in [4.78, 5) is 29.4. The van der Waals surface area contributed by atoms with Crippen LogP contribution >= 0.6 is 15.9 Å². The standard InChI is InChI=1S/C20H18BrF4N3O4/c21-12-8-14(18(26)30)19(27-9-12)31-16-5-6-28(10-15(16)22)17(29)7-11-1-3-13(4-2-11)32-20(23,24)25/h1-4,8-9,15-16H,5-7,10H2,(H2,26,30)/t15?,16-/m1/s1. The molecule has 1 aromatic carbocycles. The van der Waals surface area contributed by atoms with Gasteiger partial charge in [0.15, 0.2) is 6.17 Å². The maximum Gasteiger partial charge on any atom is 0.573 e. The average Bonchev–Trinajstić information content (AvgIpc) is 2.70. The fourth-order valence-electron chi connectivity index (χ4n) is 3.18. The molecule has 2 amide bonds. The summed E-state index contributed by atoms with van der Waals surface area (Å²) in [5.74, 6) is -1.64. The zero-order valence-electron chi connectivity index (χ0n) is 16.4. The molecule has 0 bridgehead atoms. The van der Waals surface area contributed by atoms with Crippen LogP contribution in [0.4, 0.5) is 17.6 Å². The molecule has 0 radical (unpaired) electrons. The summed E-state index contributed by atoms with van der Waals surface area (Å²) in [5.41, 5.74) is 5.77. The molecular weight excluding hydrogens is 502 g/mol. The first kappa shape index (κ1) is 23.8. The molecule has 3 rings (SSSR count). The van der Waals surface area contributed by atoms with Gasteiger partial charge in [0, 0.05) is 23.6 Å². The Balaban J connectivity index is 1.57. The van der Waals surface area contributed by atoms with Crippen LogP contribution in [0.1, 0.15) is 22.3 Å². The molecule has 7 nitrogen and oxygen atoms in total. The smallest absolute Gasteiger partial charge is 0.471 e. The van der Waals surface area contributed by atoms with E-state index in [4.69, 9.17) is 10.5 Å². The number of ether oxygens (including phenoxy) is 2. The Bertz CT molecular complexity index is 988. The van der Waals surface area contributed by atoms with Crippen molar-refractivity contribution in [2.45, 2.75) is 31.5 Å². The first-order valence-electron chi connectivity index (χ1n) is 9.40. The van der Waals surface area contributed by atoms with Gasteiger partial charge in [0.2, 0.25) is 11.8 Å². The Labute approximate surface area is 188 Å². The first-order chi connectivity index (χ1) is 15.0. The van der Waals surface area contributed by atoms with E-state index in [0.717, 1.165) is 12.1 Å². The van der Waals surface area contributed by atoms with E-state index in [0.29, 0.717) is 10.0 Å². The predicted molar refractivity (Wildman–Crippen MR) is 108 cm³/mol. The second-order valence-corrected chi connectivity index (χ2v) is 7.96. The van der Waals surface area contributed by atoms with E-state index in [-0.39, 0.29) is 43.3 Å². The Morgan fingerprint density at radius 3 is 2.53 bits per heavy atom. The van der Waals surface area contributed by atoms with Gasteiger partial charge in [-0.15, -0.1) is 13.2 Å². The van der Waals surface area contributed by atoms with Crippen LogP contribution in [0.5, 0.6) is 11.6 Å². The lowest BCUT2D eigenvalue weighted by Gasteiger charge is -2.34. The van der Waals surface area contributed by atoms with E-state index < -0.39 is 30.3 Å². The van der Waals surface area contributed by atoms with Crippen molar-refractivity contribution in [1.82, 2.24) is 9.88 Å². The number of amides is 2. The van der Waals surface area contributed by atoms with Crippen molar-refractivity contribution in [3.05, 3.63) is 52.1 Å². The number of primary amides is 1. The van der Waals surface area contributed by atoms with Gasteiger partial charge in [0.1, 0.15) is 17.4 Å². The molecule has 12 heteroatoms. The van der Waals surface area contributed by atoms with E-state index in [9.17, 15) is 27.2 Å². The molecule has 0 aliphatic carbocycles. The summed E-state index contributed by atoms with van der Waals surface area (Å²) in [5, 5.41) is 0. The van der Waals surface area contributed by atoms with Crippen molar-refractivity contribution in [3.63, 3.8) is 0 Å². The highest BCUT2D eigenvalue weighted by atomic mass is 79.9. The summed E-state index contributed by atoms with van der Waals surface area (Å²) in [6.45, 7) is -0.0389. The van der Waals surface area contributed by atoms with Crippen LogP contribution in [0.2, 0.25) is 0 Å². The largest absolute Gasteiger partial charge is 0.573 e. The average molecular weight is 520 g/mol. The summed E-state index contributed by atoms with van der Waals surface area (Å²) in [6.07, 6.45) is -5.83. The molecule has 0 saturated carbocycles. The van der Waals surface area contributed by atoms with Crippen LogP contribution in [-0.4, -0.2) is 53.4 Å². The third-order valence-corrected chi connectivity index (χ3v) is 5.13. The normalized spacial score (nSPS) is 18.8. The number of hydrogen-bond acceptors (Lipinski definition) is 5. The van der Waals surface area contributed by atoms with Gasteiger partial charge < -0.3 is 20.1 Å². The van der Waals surface area contributed by atoms with Crippen LogP contribution in [0.15, 0.2) is 41.0 Å². The van der Waals surface area contributed by atoms with E-state index in [2.05, 4.69) is 25.7 Å². The second kappa shape index (κ2) is 9.72. The molecule has 2 aromatic rings. The molecule has 1 unspecified atom stereocenters. The number of nitrogens with zero attached hydrogens (tertiary/aromatic N) is 2. The van der Waals surface area contributed by atoms with Gasteiger partial charge in [-0.05, 0) is 39.7 Å². The molecule has 32 heavy (non-hydrogen) atoms. The van der Waals surface area contributed by atoms with Crippen molar-refractivity contribution < 1.29 is 36.6 Å². The molecule has 2 heterocycles. The Morgan fingerprint density at radius 1 is 1.25 bits per heavy atom. The number of nitrogens with two attached hydrogens (primary N) is 1. The summed E-state index contributed by atoms with van der Waals surface area (Å²) >= 11 is 3.17. The highest BCUT2D eigenvalue weighted by Crippen LogP contribution is 2.26. The zero-order valence-corrected chi connectivity index (χ0v) is 18.0. The van der Waals surface area contributed by atoms with Crippen LogP contribution in [0.25, 0.3) is 0 Å². The minimum absolute atomic E-state index is 0.00281. The number of benzene rings is 1. The Morgan fingerprint density at radius 2 is 1.94 bits per heavy atom. The van der Waals surface area contributed by atoms with Crippen molar-refractivity contribution in [1.29, 1.82) is 0 Å². The van der Waals surface area contributed by atoms with Gasteiger partial charge in [-0.2, -0.15) is 0 Å². The van der Waals surface area contributed by atoms with Crippen molar-refractivity contribution in [2.24, 2.45) is 5.73 Å². The number of rotatable bonds is 6. The van der Waals surface area contributed by atoms with Gasteiger partial charge in [0.05, 0.1) is 13.0 Å². The van der Waals surface area contributed by atoms with Crippen LogP contribution in [0.3, 0.4) is 0 Å². The number of alkyl halides is 4. The van der Waals surface area contributed by atoms with E-state index in [1.807, 2.05) is 0 Å². The topological polar surface area (TPSA) is 94.8 Å². The van der Waals surface area contributed by atoms with Crippen LogP contribution < -0.4 is 15.2 Å². The molecule has 1 aliphatic rings. The highest BCUT2D eigenvalue weighted by Gasteiger charge is 2.34. The van der Waals surface area contributed by atoms with Crippen molar-refractivity contribution in [2.75, 3.05) is 13.1 Å². The SMILES string of the molecule is NC(=O)c1cc(Br)cnc1O[C@@H]1CCN(C(=O)Cc2ccc(OC(F)(F)F)cc2)CC1F. The maximum atomic E-state index is 14.7. The van der Waals surface area contributed by atoms with Crippen LogP contribution in [0, 0.1) is 0 Å². The Hall–Kier alpha value is -2.89. The van der Waals surface area contributed by atoms with E-state index in [1.54, 1.807) is 0 Å².